The molecule has 0 spiro atoms. The van der Waals surface area contributed by atoms with Gasteiger partial charge in [-0.3, -0.25) is 19.2 Å². The zero-order valence-electron chi connectivity index (χ0n) is 22.3. The molecule has 0 unspecified atom stereocenters. The summed E-state index contributed by atoms with van der Waals surface area (Å²) in [6.45, 7) is 2.22. The standard InChI is InChI=1S/C30H32N6O4/c31-27(37)25-7-3-15-35(25)29(39)23-5-1-13-33(19-23)17-21-9-11-22(12-10-21)18-34-14-2-6-24(20-34)30(40)36-16-4-8-26(36)28(32)38/h1-2,5-6,9-14,19-20,25-26H,3-4,7-8,15-18H2,(H2-2,31,32,37,38)/p+2/t25-,26-/m1/s1. The van der Waals surface area contributed by atoms with E-state index in [9.17, 15) is 19.2 Å². The first-order valence-corrected chi connectivity index (χ1v) is 13.6. The quantitative estimate of drug-likeness (QED) is 0.402. The Bertz CT molecular complexity index is 1330. The highest BCUT2D eigenvalue weighted by molar-refractivity contribution is 5.98. The molecule has 3 aromatic rings. The zero-order valence-corrected chi connectivity index (χ0v) is 22.3. The summed E-state index contributed by atoms with van der Waals surface area (Å²) in [4.78, 5) is 52.6. The molecule has 10 heteroatoms. The van der Waals surface area contributed by atoms with Crippen molar-refractivity contribution < 1.29 is 28.3 Å². The Labute approximate surface area is 232 Å². The van der Waals surface area contributed by atoms with E-state index in [4.69, 9.17) is 11.5 Å². The van der Waals surface area contributed by atoms with E-state index >= 15 is 0 Å². The number of pyridine rings is 2. The Kier molecular flexibility index (Phi) is 7.86. The second-order valence-electron chi connectivity index (χ2n) is 10.5. The molecule has 2 aliphatic rings. The minimum atomic E-state index is -0.544. The molecule has 4 N–H and O–H groups in total. The van der Waals surface area contributed by atoms with Crippen molar-refractivity contribution in [3.8, 4) is 0 Å². The summed E-state index contributed by atoms with van der Waals surface area (Å²) in [6, 6.07) is 14.2. The largest absolute Gasteiger partial charge is 0.368 e. The minimum Gasteiger partial charge on any atom is -0.368 e. The van der Waals surface area contributed by atoms with Crippen molar-refractivity contribution in [1.82, 2.24) is 9.80 Å². The van der Waals surface area contributed by atoms with Crippen LogP contribution in [0.4, 0.5) is 0 Å². The lowest BCUT2D eigenvalue weighted by Crippen LogP contribution is -2.44. The Morgan fingerprint density at radius 2 is 1.07 bits per heavy atom. The molecule has 2 saturated heterocycles. The molecule has 2 atom stereocenters. The first kappa shape index (κ1) is 27.0. The summed E-state index contributed by atoms with van der Waals surface area (Å²) >= 11 is 0. The highest BCUT2D eigenvalue weighted by Gasteiger charge is 2.35. The van der Waals surface area contributed by atoms with Crippen LogP contribution in [-0.2, 0) is 22.7 Å². The number of likely N-dealkylation sites (tertiary alicyclic amines) is 2. The Morgan fingerprint density at radius 3 is 1.45 bits per heavy atom. The number of carbonyl (C=O) groups is 4. The summed E-state index contributed by atoms with van der Waals surface area (Å²) in [7, 11) is 0. The molecule has 1 aromatic carbocycles. The van der Waals surface area contributed by atoms with E-state index in [1.54, 1.807) is 34.3 Å². The maximum Gasteiger partial charge on any atom is 0.260 e. The molecule has 5 rings (SSSR count). The maximum absolute atomic E-state index is 13.0. The lowest BCUT2D eigenvalue weighted by molar-refractivity contribution is -0.689. The monoisotopic (exact) mass is 542 g/mol. The van der Waals surface area contributed by atoms with Crippen LogP contribution in [-0.4, -0.2) is 58.6 Å². The third-order valence-corrected chi connectivity index (χ3v) is 7.65. The first-order chi connectivity index (χ1) is 19.3. The van der Waals surface area contributed by atoms with Gasteiger partial charge in [-0.15, -0.1) is 0 Å². The van der Waals surface area contributed by atoms with Crippen molar-refractivity contribution in [3.63, 3.8) is 0 Å². The van der Waals surface area contributed by atoms with Gasteiger partial charge in [0.15, 0.2) is 37.9 Å². The van der Waals surface area contributed by atoms with Crippen LogP contribution >= 0.6 is 0 Å². The van der Waals surface area contributed by atoms with Crippen LogP contribution in [0.15, 0.2) is 73.3 Å². The van der Waals surface area contributed by atoms with E-state index in [0.29, 0.717) is 50.1 Å². The number of nitrogens with two attached hydrogens (primary N) is 2. The molecule has 0 saturated carbocycles. The van der Waals surface area contributed by atoms with Crippen LogP contribution in [0.1, 0.15) is 57.5 Å². The van der Waals surface area contributed by atoms with Gasteiger partial charge in [0.25, 0.3) is 11.8 Å². The number of nitrogens with zero attached hydrogens (tertiary/aromatic N) is 4. The van der Waals surface area contributed by atoms with E-state index in [2.05, 4.69) is 0 Å². The third kappa shape index (κ3) is 5.85. The molecule has 40 heavy (non-hydrogen) atoms. The fourth-order valence-corrected chi connectivity index (χ4v) is 5.61. The van der Waals surface area contributed by atoms with Crippen LogP contribution in [0.3, 0.4) is 0 Å². The van der Waals surface area contributed by atoms with Crippen LogP contribution in [0.25, 0.3) is 0 Å². The number of carbonyl (C=O) groups excluding carboxylic acids is 4. The minimum absolute atomic E-state index is 0.182. The van der Waals surface area contributed by atoms with E-state index in [0.717, 1.165) is 24.0 Å². The van der Waals surface area contributed by atoms with Crippen molar-refractivity contribution in [1.29, 1.82) is 0 Å². The van der Waals surface area contributed by atoms with E-state index in [1.807, 2.05) is 57.9 Å². The fraction of sp³-hybridized carbons (Fsp3) is 0.333. The van der Waals surface area contributed by atoms with Crippen LogP contribution < -0.4 is 20.6 Å². The molecule has 4 heterocycles. The van der Waals surface area contributed by atoms with Crippen molar-refractivity contribution in [2.24, 2.45) is 11.5 Å². The Morgan fingerprint density at radius 1 is 0.675 bits per heavy atom. The van der Waals surface area contributed by atoms with Crippen molar-refractivity contribution in [2.45, 2.75) is 50.9 Å². The number of primary amides is 2. The highest BCUT2D eigenvalue weighted by atomic mass is 16.2. The summed E-state index contributed by atoms with van der Waals surface area (Å²) in [5.74, 6) is -1.29. The number of hydrogen-bond donors (Lipinski definition) is 2. The molecule has 2 aliphatic heterocycles. The number of aromatic nitrogens is 2. The Balaban J connectivity index is 1.23. The van der Waals surface area contributed by atoms with Gasteiger partial charge >= 0.3 is 0 Å². The normalized spacial score (nSPS) is 18.6. The average Bonchev–Trinajstić information content (AvgIpc) is 3.64. The SMILES string of the molecule is NC(=O)[C@H]1CCCN1C(=O)c1ccc[n+](Cc2ccc(C[n+]3cccc(C(=O)N4CCC[C@@H]4C(N)=O)c3)cc2)c1. The maximum atomic E-state index is 13.0. The third-order valence-electron chi connectivity index (χ3n) is 7.65. The molecule has 0 bridgehead atoms. The van der Waals surface area contributed by atoms with E-state index < -0.39 is 23.9 Å². The van der Waals surface area contributed by atoms with Gasteiger partial charge in [-0.25, -0.2) is 0 Å². The summed E-state index contributed by atoms with van der Waals surface area (Å²) in [6.07, 6.45) is 10.2. The van der Waals surface area contributed by atoms with Crippen molar-refractivity contribution >= 4 is 23.6 Å². The summed E-state index contributed by atoms with van der Waals surface area (Å²) in [5, 5.41) is 0. The van der Waals surface area contributed by atoms with Gasteiger partial charge in [0.1, 0.15) is 23.2 Å². The van der Waals surface area contributed by atoms with Gasteiger partial charge in [0.2, 0.25) is 11.8 Å². The van der Waals surface area contributed by atoms with Crippen LogP contribution in [0, 0.1) is 0 Å². The van der Waals surface area contributed by atoms with Crippen molar-refractivity contribution in [2.75, 3.05) is 13.1 Å². The number of amides is 4. The molecule has 2 aromatic heterocycles. The lowest BCUT2D eigenvalue weighted by Gasteiger charge is -2.21. The molecular weight excluding hydrogens is 508 g/mol. The lowest BCUT2D eigenvalue weighted by atomic mass is 10.1. The summed E-state index contributed by atoms with van der Waals surface area (Å²) < 4.78 is 3.89. The molecule has 206 valence electrons. The van der Waals surface area contributed by atoms with Gasteiger partial charge < -0.3 is 21.3 Å². The van der Waals surface area contributed by atoms with E-state index in [1.165, 1.54) is 0 Å². The molecular formula is C30H34N6O4+2. The van der Waals surface area contributed by atoms with Gasteiger partial charge in [-0.05, 0) is 37.8 Å². The average molecular weight is 543 g/mol. The Hall–Kier alpha value is -4.60. The molecule has 0 radical (unpaired) electrons. The van der Waals surface area contributed by atoms with Gasteiger partial charge in [-0.1, -0.05) is 24.3 Å². The van der Waals surface area contributed by atoms with Crippen LogP contribution in [0.5, 0.6) is 0 Å². The molecule has 4 amide bonds. The number of rotatable bonds is 8. The second-order valence-corrected chi connectivity index (χ2v) is 10.5. The first-order valence-electron chi connectivity index (χ1n) is 13.6. The van der Waals surface area contributed by atoms with Gasteiger partial charge in [0, 0.05) is 36.3 Å². The molecule has 2 fully saturated rings. The topological polar surface area (TPSA) is 135 Å². The smallest absolute Gasteiger partial charge is 0.260 e. The van der Waals surface area contributed by atoms with Crippen molar-refractivity contribution in [3.05, 3.63) is 95.6 Å². The second kappa shape index (κ2) is 11.6. The predicted molar refractivity (Wildman–Crippen MR) is 144 cm³/mol. The fourth-order valence-electron chi connectivity index (χ4n) is 5.61. The molecule has 0 aliphatic carbocycles. The van der Waals surface area contributed by atoms with Gasteiger partial charge in [0.05, 0.1) is 0 Å². The number of hydrogen-bond acceptors (Lipinski definition) is 4. The highest BCUT2D eigenvalue weighted by Crippen LogP contribution is 2.20. The number of benzene rings is 1. The summed E-state index contributed by atoms with van der Waals surface area (Å²) in [5.41, 5.74) is 14.1. The van der Waals surface area contributed by atoms with Crippen LogP contribution in [0.2, 0.25) is 0 Å². The van der Waals surface area contributed by atoms with E-state index in [-0.39, 0.29) is 11.8 Å². The molecule has 10 nitrogen and oxygen atoms in total. The predicted octanol–water partition coefficient (Wildman–Crippen LogP) is 0.538. The zero-order chi connectivity index (χ0) is 28.2. The van der Waals surface area contributed by atoms with Gasteiger partial charge in [-0.2, -0.15) is 9.13 Å².